The molecule has 3 N–H and O–H groups in total. The van der Waals surface area contributed by atoms with Crippen molar-refractivity contribution in [3.05, 3.63) is 23.8 Å². The lowest BCUT2D eigenvalue weighted by Gasteiger charge is -2.22. The Morgan fingerprint density at radius 2 is 1.72 bits per heavy atom. The lowest BCUT2D eigenvalue weighted by atomic mass is 10.0. The fourth-order valence-electron chi connectivity index (χ4n) is 1.93. The molecule has 102 valence electrons. The summed E-state index contributed by atoms with van der Waals surface area (Å²) >= 11 is 0. The van der Waals surface area contributed by atoms with Gasteiger partial charge in [0.25, 0.3) is 0 Å². The van der Waals surface area contributed by atoms with E-state index in [1.807, 2.05) is 18.2 Å². The lowest BCUT2D eigenvalue weighted by Crippen LogP contribution is -2.39. The molecular formula is C14H24N2O2. The van der Waals surface area contributed by atoms with Gasteiger partial charge in [0, 0.05) is 24.7 Å². The second-order valence-corrected chi connectivity index (χ2v) is 4.61. The van der Waals surface area contributed by atoms with Crippen molar-refractivity contribution in [2.45, 2.75) is 26.4 Å². The zero-order chi connectivity index (χ0) is 13.5. The number of nitrogens with one attached hydrogen (secondary N) is 1. The van der Waals surface area contributed by atoms with Crippen LogP contribution in [0.1, 0.15) is 19.4 Å². The molecule has 0 amide bonds. The number of rotatable bonds is 7. The molecule has 0 saturated carbocycles. The van der Waals surface area contributed by atoms with E-state index in [0.29, 0.717) is 25.0 Å². The topological polar surface area (TPSA) is 56.5 Å². The number of nitrogens with two attached hydrogens (primary N) is 1. The van der Waals surface area contributed by atoms with Gasteiger partial charge in [-0.1, -0.05) is 19.9 Å². The van der Waals surface area contributed by atoms with Gasteiger partial charge in [0.2, 0.25) is 0 Å². The van der Waals surface area contributed by atoms with E-state index in [4.69, 9.17) is 15.2 Å². The summed E-state index contributed by atoms with van der Waals surface area (Å²) < 4.78 is 10.7. The van der Waals surface area contributed by atoms with Crippen molar-refractivity contribution in [2.24, 2.45) is 11.7 Å². The van der Waals surface area contributed by atoms with Crippen LogP contribution in [0.5, 0.6) is 11.5 Å². The maximum Gasteiger partial charge on any atom is 0.127 e. The molecule has 0 heterocycles. The molecule has 1 aromatic carbocycles. The number of methoxy groups -OCH3 is 2. The van der Waals surface area contributed by atoms with Gasteiger partial charge in [-0.2, -0.15) is 0 Å². The van der Waals surface area contributed by atoms with E-state index in [1.54, 1.807) is 14.2 Å². The van der Waals surface area contributed by atoms with Crippen molar-refractivity contribution < 1.29 is 9.47 Å². The summed E-state index contributed by atoms with van der Waals surface area (Å²) in [6, 6.07) is 6.09. The summed E-state index contributed by atoms with van der Waals surface area (Å²) in [5, 5.41) is 3.45. The predicted molar refractivity (Wildman–Crippen MR) is 74.1 cm³/mol. The second kappa shape index (κ2) is 7.24. The molecule has 1 atom stereocenters. The third-order valence-corrected chi connectivity index (χ3v) is 3.13. The largest absolute Gasteiger partial charge is 0.496 e. The Bertz CT molecular complexity index is 345. The molecule has 1 unspecified atom stereocenters. The molecule has 0 aliphatic rings. The molecule has 1 aromatic rings. The highest BCUT2D eigenvalue weighted by atomic mass is 16.5. The number of hydrogen-bond donors (Lipinski definition) is 2. The van der Waals surface area contributed by atoms with Gasteiger partial charge in [-0.25, -0.2) is 0 Å². The van der Waals surface area contributed by atoms with Crippen molar-refractivity contribution in [3.8, 4) is 11.5 Å². The first-order valence-corrected chi connectivity index (χ1v) is 6.27. The van der Waals surface area contributed by atoms with Crippen molar-refractivity contribution >= 4 is 0 Å². The Kier molecular flexibility index (Phi) is 5.95. The normalized spacial score (nSPS) is 12.6. The first-order valence-electron chi connectivity index (χ1n) is 6.27. The van der Waals surface area contributed by atoms with Crippen molar-refractivity contribution in [1.29, 1.82) is 0 Å². The van der Waals surface area contributed by atoms with Crippen LogP contribution in [-0.2, 0) is 6.54 Å². The first-order chi connectivity index (χ1) is 8.63. The van der Waals surface area contributed by atoms with Crippen LogP contribution in [0.2, 0.25) is 0 Å². The third kappa shape index (κ3) is 3.62. The molecule has 0 aromatic heterocycles. The Balaban J connectivity index is 2.82. The highest BCUT2D eigenvalue weighted by Gasteiger charge is 2.14. The van der Waals surface area contributed by atoms with E-state index in [2.05, 4.69) is 19.2 Å². The Hall–Kier alpha value is -1.26. The van der Waals surface area contributed by atoms with Crippen LogP contribution in [0.15, 0.2) is 18.2 Å². The highest BCUT2D eigenvalue weighted by molar-refractivity contribution is 5.44. The SMILES string of the molecule is COc1cccc(OC)c1CNC(CN)C(C)C. The van der Waals surface area contributed by atoms with Crippen molar-refractivity contribution in [2.75, 3.05) is 20.8 Å². The van der Waals surface area contributed by atoms with Crippen LogP contribution in [0.25, 0.3) is 0 Å². The van der Waals surface area contributed by atoms with Crippen LogP contribution < -0.4 is 20.5 Å². The van der Waals surface area contributed by atoms with E-state index in [-0.39, 0.29) is 0 Å². The van der Waals surface area contributed by atoms with Crippen LogP contribution >= 0.6 is 0 Å². The zero-order valence-corrected chi connectivity index (χ0v) is 11.7. The van der Waals surface area contributed by atoms with Gasteiger partial charge >= 0.3 is 0 Å². The molecule has 4 nitrogen and oxygen atoms in total. The van der Waals surface area contributed by atoms with Gasteiger partial charge in [-0.3, -0.25) is 0 Å². The summed E-state index contributed by atoms with van der Waals surface area (Å²) in [4.78, 5) is 0. The monoisotopic (exact) mass is 252 g/mol. The molecule has 0 spiro atoms. The minimum atomic E-state index is 0.291. The molecular weight excluding hydrogens is 228 g/mol. The highest BCUT2D eigenvalue weighted by Crippen LogP contribution is 2.28. The molecule has 0 radical (unpaired) electrons. The Morgan fingerprint density at radius 3 is 2.11 bits per heavy atom. The smallest absolute Gasteiger partial charge is 0.127 e. The zero-order valence-electron chi connectivity index (χ0n) is 11.7. The third-order valence-electron chi connectivity index (χ3n) is 3.13. The number of hydrogen-bond acceptors (Lipinski definition) is 4. The van der Waals surface area contributed by atoms with Gasteiger partial charge < -0.3 is 20.5 Å². The maximum atomic E-state index is 5.75. The minimum absolute atomic E-state index is 0.291. The molecule has 0 bridgehead atoms. The van der Waals surface area contributed by atoms with Crippen LogP contribution in [0, 0.1) is 5.92 Å². The molecule has 0 aliphatic heterocycles. The van der Waals surface area contributed by atoms with Gasteiger partial charge in [0.05, 0.1) is 14.2 Å². The number of ether oxygens (including phenoxy) is 2. The molecule has 0 aliphatic carbocycles. The van der Waals surface area contributed by atoms with Gasteiger partial charge in [0.15, 0.2) is 0 Å². The fraction of sp³-hybridized carbons (Fsp3) is 0.571. The van der Waals surface area contributed by atoms with Crippen LogP contribution in [0.4, 0.5) is 0 Å². The van der Waals surface area contributed by atoms with Gasteiger partial charge in [0.1, 0.15) is 11.5 Å². The molecule has 1 rings (SSSR count). The van der Waals surface area contributed by atoms with E-state index in [1.165, 1.54) is 0 Å². The summed E-state index contributed by atoms with van der Waals surface area (Å²) in [6.07, 6.45) is 0. The van der Waals surface area contributed by atoms with Crippen LogP contribution in [0.3, 0.4) is 0 Å². The summed E-state index contributed by atoms with van der Waals surface area (Å²) in [5.74, 6) is 2.17. The first kappa shape index (κ1) is 14.8. The maximum absolute atomic E-state index is 5.75. The number of benzene rings is 1. The summed E-state index contributed by atoms with van der Waals surface area (Å²) in [6.45, 7) is 5.62. The van der Waals surface area contributed by atoms with Gasteiger partial charge in [-0.15, -0.1) is 0 Å². The minimum Gasteiger partial charge on any atom is -0.496 e. The average Bonchev–Trinajstić information content (AvgIpc) is 2.38. The van der Waals surface area contributed by atoms with Gasteiger partial charge in [-0.05, 0) is 18.1 Å². The predicted octanol–water partition coefficient (Wildman–Crippen LogP) is 1.78. The standard InChI is InChI=1S/C14H24N2O2/c1-10(2)12(8-15)16-9-11-13(17-3)6-5-7-14(11)18-4/h5-7,10,12,16H,8-9,15H2,1-4H3. The van der Waals surface area contributed by atoms with E-state index in [9.17, 15) is 0 Å². The Labute approximate surface area is 109 Å². The van der Waals surface area contributed by atoms with Crippen LogP contribution in [-0.4, -0.2) is 26.8 Å². The Morgan fingerprint density at radius 1 is 1.17 bits per heavy atom. The summed E-state index contributed by atoms with van der Waals surface area (Å²) in [7, 11) is 3.34. The molecule has 4 heteroatoms. The fourth-order valence-corrected chi connectivity index (χ4v) is 1.93. The quantitative estimate of drug-likeness (QED) is 0.776. The van der Waals surface area contributed by atoms with Crippen molar-refractivity contribution in [3.63, 3.8) is 0 Å². The average molecular weight is 252 g/mol. The molecule has 0 saturated heterocycles. The van der Waals surface area contributed by atoms with E-state index >= 15 is 0 Å². The summed E-state index contributed by atoms with van der Waals surface area (Å²) in [5.41, 5.74) is 6.78. The molecule has 0 fully saturated rings. The second-order valence-electron chi connectivity index (χ2n) is 4.61. The van der Waals surface area contributed by atoms with E-state index in [0.717, 1.165) is 17.1 Å². The van der Waals surface area contributed by atoms with E-state index < -0.39 is 0 Å². The lowest BCUT2D eigenvalue weighted by molar-refractivity contribution is 0.366. The van der Waals surface area contributed by atoms with Crippen molar-refractivity contribution in [1.82, 2.24) is 5.32 Å². The molecule has 18 heavy (non-hydrogen) atoms.